The number of carbonyl (C=O) groups is 1. The van der Waals surface area contributed by atoms with Crippen LogP contribution in [0.5, 0.6) is 0 Å². The van der Waals surface area contributed by atoms with Crippen LogP contribution in [0.2, 0.25) is 0 Å². The van der Waals surface area contributed by atoms with E-state index in [1.807, 2.05) is 75.8 Å². The van der Waals surface area contributed by atoms with E-state index in [0.29, 0.717) is 17.6 Å². The second-order valence-electron chi connectivity index (χ2n) is 9.65. The number of allylic oxidation sites excluding steroid dienone is 11. The first-order valence-electron chi connectivity index (χ1n) is 13.3. The lowest BCUT2D eigenvalue weighted by Gasteiger charge is -2.25. The normalized spacial score (nSPS) is 13.3. The molecule has 1 atom stereocenters. The number of rotatable bonds is 20. The second kappa shape index (κ2) is 27.9. The van der Waals surface area contributed by atoms with E-state index in [4.69, 9.17) is 15.3 Å². The van der Waals surface area contributed by atoms with Gasteiger partial charge in [-0.15, -0.1) is 0 Å². The predicted octanol–water partition coefficient (Wildman–Crippen LogP) is 7.35. The van der Waals surface area contributed by atoms with Crippen LogP contribution in [0.3, 0.4) is 0 Å². The number of carboxylic acid groups (broad SMARTS) is 1. The average Bonchev–Trinajstić information content (AvgIpc) is 2.84. The zero-order valence-corrected chi connectivity index (χ0v) is 23.9. The Labute approximate surface area is 226 Å². The van der Waals surface area contributed by atoms with E-state index in [1.54, 1.807) is 0 Å². The van der Waals surface area contributed by atoms with Crippen molar-refractivity contribution in [2.75, 3.05) is 41.4 Å². The molecule has 208 valence electrons. The Morgan fingerprint density at radius 1 is 0.838 bits per heavy atom. The van der Waals surface area contributed by atoms with Crippen molar-refractivity contribution < 1.29 is 24.2 Å². The summed E-state index contributed by atoms with van der Waals surface area (Å²) >= 11 is 0. The minimum absolute atomic E-state index is 0.0635. The molecule has 0 rings (SSSR count). The van der Waals surface area contributed by atoms with Gasteiger partial charge in [-0.25, -0.2) is 9.78 Å². The first-order valence-corrected chi connectivity index (χ1v) is 13.3. The standard InChI is InChI=1S/C23H36O2.C8H14N2O2/c1-3-4-5-6-7-8-9-10-11-12-13-14-15-16-17-18-19-20-21-22-23-25-24-2;1-10(2,3)6-7(5-9)4-8(11)12/h11-22H,3-10,23H2,1-2H3;7H,4,6H2,1-3H3/p+1/b12-11-,14-13+,16-15+,18-17+,20-19+,22-21+;. The lowest BCUT2D eigenvalue weighted by molar-refractivity contribution is -0.872. The summed E-state index contributed by atoms with van der Waals surface area (Å²) < 4.78 is 0.617. The number of carboxylic acids is 1. The number of aliphatic carboxylic acids is 1. The van der Waals surface area contributed by atoms with Crippen LogP contribution in [-0.2, 0) is 14.6 Å². The molecule has 0 fully saturated rings. The van der Waals surface area contributed by atoms with E-state index in [1.165, 1.54) is 58.5 Å². The smallest absolute Gasteiger partial charge is 0.304 e. The van der Waals surface area contributed by atoms with Crippen LogP contribution in [-0.4, -0.2) is 57.0 Å². The molecule has 37 heavy (non-hydrogen) atoms. The van der Waals surface area contributed by atoms with Crippen LogP contribution in [0.15, 0.2) is 72.9 Å². The van der Waals surface area contributed by atoms with E-state index < -0.39 is 5.97 Å². The highest BCUT2D eigenvalue weighted by molar-refractivity contribution is 5.67. The van der Waals surface area contributed by atoms with Crippen LogP contribution in [0.1, 0.15) is 64.7 Å². The highest BCUT2D eigenvalue weighted by Crippen LogP contribution is 2.08. The molecule has 0 radical (unpaired) electrons. The van der Waals surface area contributed by atoms with Crippen LogP contribution in [0.25, 0.3) is 0 Å². The molecule has 1 unspecified atom stereocenters. The fourth-order valence-corrected chi connectivity index (χ4v) is 3.17. The molecule has 0 spiro atoms. The number of nitriles is 1. The summed E-state index contributed by atoms with van der Waals surface area (Å²) in [7, 11) is 7.31. The Hall–Kier alpha value is -2.72. The van der Waals surface area contributed by atoms with E-state index in [0.717, 1.165) is 0 Å². The van der Waals surface area contributed by atoms with Crippen molar-refractivity contribution in [3.05, 3.63) is 72.9 Å². The lowest BCUT2D eigenvalue weighted by Crippen LogP contribution is -2.39. The molecule has 0 aromatic rings. The number of unbranched alkanes of at least 4 members (excludes halogenated alkanes) is 7. The third-order valence-electron chi connectivity index (χ3n) is 4.90. The van der Waals surface area contributed by atoms with Gasteiger partial charge in [0.25, 0.3) is 0 Å². The van der Waals surface area contributed by atoms with Gasteiger partial charge in [0.05, 0.1) is 47.3 Å². The van der Waals surface area contributed by atoms with Gasteiger partial charge in [-0.3, -0.25) is 4.79 Å². The van der Waals surface area contributed by atoms with Crippen molar-refractivity contribution >= 4 is 5.97 Å². The highest BCUT2D eigenvalue weighted by Gasteiger charge is 2.20. The summed E-state index contributed by atoms with van der Waals surface area (Å²) in [6.07, 6.45) is 35.0. The van der Waals surface area contributed by atoms with Crippen LogP contribution in [0, 0.1) is 17.2 Å². The monoisotopic (exact) mass is 515 g/mol. The van der Waals surface area contributed by atoms with Gasteiger partial charge in [-0.05, 0) is 12.8 Å². The van der Waals surface area contributed by atoms with Gasteiger partial charge in [0.2, 0.25) is 0 Å². The quantitative estimate of drug-likeness (QED) is 0.0603. The Balaban J connectivity index is 0. The topological polar surface area (TPSA) is 79.5 Å². The lowest BCUT2D eigenvalue weighted by atomic mass is 10.1. The zero-order valence-electron chi connectivity index (χ0n) is 23.9. The first kappa shape index (κ1) is 36.4. The van der Waals surface area contributed by atoms with Crippen molar-refractivity contribution in [1.82, 2.24) is 0 Å². The van der Waals surface area contributed by atoms with Crippen LogP contribution in [0.4, 0.5) is 0 Å². The second-order valence-corrected chi connectivity index (χ2v) is 9.65. The molecule has 0 saturated carbocycles. The van der Waals surface area contributed by atoms with Crippen LogP contribution >= 0.6 is 0 Å². The Bertz CT molecular complexity index is 750. The minimum atomic E-state index is -0.907. The number of hydrogen-bond donors (Lipinski definition) is 1. The molecule has 0 saturated heterocycles. The van der Waals surface area contributed by atoms with E-state index in [2.05, 4.69) is 36.1 Å². The van der Waals surface area contributed by atoms with E-state index in [-0.39, 0.29) is 12.3 Å². The zero-order chi connectivity index (χ0) is 28.0. The molecule has 1 N–H and O–H groups in total. The van der Waals surface area contributed by atoms with Crippen molar-refractivity contribution in [3.8, 4) is 6.07 Å². The molecule has 0 aromatic carbocycles. The van der Waals surface area contributed by atoms with Crippen molar-refractivity contribution in [2.24, 2.45) is 5.92 Å². The maximum atomic E-state index is 10.3. The van der Waals surface area contributed by atoms with Crippen LogP contribution < -0.4 is 0 Å². The molecule has 0 aliphatic carbocycles. The Morgan fingerprint density at radius 3 is 1.78 bits per heavy atom. The SMILES string of the molecule is CCCCCCCCC\C=C/C=C/C=C/C=C/C=C/C=C/COOC.C[N+](C)(C)CC(C#N)CC(=O)O. The summed E-state index contributed by atoms with van der Waals surface area (Å²) in [4.78, 5) is 19.5. The summed E-state index contributed by atoms with van der Waals surface area (Å²) in [6, 6.07) is 1.99. The highest BCUT2D eigenvalue weighted by atomic mass is 17.2. The van der Waals surface area contributed by atoms with E-state index in [9.17, 15) is 4.79 Å². The maximum absolute atomic E-state index is 10.3. The summed E-state index contributed by atoms with van der Waals surface area (Å²) in [5, 5.41) is 17.1. The fourth-order valence-electron chi connectivity index (χ4n) is 3.17. The third-order valence-corrected chi connectivity index (χ3v) is 4.90. The first-order chi connectivity index (χ1) is 17.8. The van der Waals surface area contributed by atoms with Gasteiger partial charge in [0.15, 0.2) is 0 Å². The van der Waals surface area contributed by atoms with Crippen molar-refractivity contribution in [1.29, 1.82) is 5.26 Å². The molecule has 6 nitrogen and oxygen atoms in total. The van der Waals surface area contributed by atoms with E-state index >= 15 is 0 Å². The number of quaternary nitrogens is 1. The summed E-state index contributed by atoms with van der Waals surface area (Å²) in [5.41, 5.74) is 0. The van der Waals surface area contributed by atoms with Gasteiger partial charge in [0, 0.05) is 0 Å². The Kier molecular flexibility index (Phi) is 27.4. The molecule has 0 amide bonds. The largest absolute Gasteiger partial charge is 0.481 e. The summed E-state index contributed by atoms with van der Waals surface area (Å²) in [6.45, 7) is 3.30. The van der Waals surface area contributed by atoms with Crippen molar-refractivity contribution in [2.45, 2.75) is 64.7 Å². The number of nitrogens with zero attached hydrogens (tertiary/aromatic N) is 2. The predicted molar refractivity (Wildman–Crippen MR) is 155 cm³/mol. The molecule has 0 heterocycles. The molecule has 0 aliphatic heterocycles. The fraction of sp³-hybridized carbons (Fsp3) is 0.548. The van der Waals surface area contributed by atoms with Gasteiger partial charge in [-0.2, -0.15) is 5.26 Å². The number of hydrogen-bond acceptors (Lipinski definition) is 4. The third kappa shape index (κ3) is 35.5. The van der Waals surface area contributed by atoms with Gasteiger partial charge < -0.3 is 9.59 Å². The summed E-state index contributed by atoms with van der Waals surface area (Å²) in [5.74, 6) is -1.29. The average molecular weight is 516 g/mol. The van der Waals surface area contributed by atoms with Crippen molar-refractivity contribution in [3.63, 3.8) is 0 Å². The molecule has 0 aliphatic rings. The molecule has 0 bridgehead atoms. The Morgan fingerprint density at radius 2 is 1.32 bits per heavy atom. The van der Waals surface area contributed by atoms with Gasteiger partial charge in [0.1, 0.15) is 12.5 Å². The molecular formula is C31H51N2O4+. The minimum Gasteiger partial charge on any atom is -0.481 e. The molecular weight excluding hydrogens is 464 g/mol. The molecule has 6 heteroatoms. The molecule has 0 aromatic heterocycles. The van der Waals surface area contributed by atoms with Gasteiger partial charge >= 0.3 is 5.97 Å². The maximum Gasteiger partial charge on any atom is 0.304 e. The van der Waals surface area contributed by atoms with Gasteiger partial charge in [-0.1, -0.05) is 118 Å².